The van der Waals surface area contributed by atoms with Gasteiger partial charge in [-0.1, -0.05) is 6.08 Å². The van der Waals surface area contributed by atoms with Crippen molar-refractivity contribution in [3.8, 4) is 0 Å². The van der Waals surface area contributed by atoms with E-state index in [0.29, 0.717) is 32.1 Å². The number of ether oxygens (including phenoxy) is 10. The van der Waals surface area contributed by atoms with E-state index in [9.17, 15) is 91.6 Å². The predicted octanol–water partition coefficient (Wildman–Crippen LogP) is -7.89. The zero-order chi connectivity index (χ0) is 54.9. The van der Waals surface area contributed by atoms with Crippen LogP contribution in [0.2, 0.25) is 0 Å². The molecule has 0 amide bonds. The molecule has 0 aromatic heterocycles. The third-order valence-corrected chi connectivity index (χ3v) is 16.5. The summed E-state index contributed by atoms with van der Waals surface area (Å²) in [5.74, 6) is -2.24. The summed E-state index contributed by atoms with van der Waals surface area (Å²) in [4.78, 5) is 13.2. The molecule has 3 saturated carbocycles. The number of aliphatic hydroxyl groups excluding tert-OH is 17. The topological polar surface area (TPSA) is 453 Å². The van der Waals surface area contributed by atoms with Gasteiger partial charge in [-0.05, 0) is 69.6 Å². The Morgan fingerprint density at radius 2 is 0.947 bits per heavy atom. The maximum absolute atomic E-state index is 13.2. The van der Waals surface area contributed by atoms with Gasteiger partial charge in [0.1, 0.15) is 104 Å². The molecule has 29 unspecified atom stereocenters. The Balaban J connectivity index is 0.982. The molecule has 8 rings (SSSR count). The SMILES string of the molecule is O=C(C=CC1CCC(OC2OC(CO)C(O)C(O)C2O)C(O)C1)OCC1OC(OC2CC3C(OC4OC(CO)C(O)C(O)C4O)CC(O)CC3OC2C2CCC(O)CC2)C(OC2OC(CO)C(O)C(O)C2O)C(O)C1O. The van der Waals surface area contributed by atoms with Crippen molar-refractivity contribution in [3.63, 3.8) is 0 Å². The third kappa shape index (κ3) is 13.4. The van der Waals surface area contributed by atoms with E-state index in [1.807, 2.05) is 0 Å². The molecule has 8 aliphatic rings. The van der Waals surface area contributed by atoms with Crippen molar-refractivity contribution in [2.45, 2.75) is 236 Å². The minimum absolute atomic E-state index is 0.0239. The number of rotatable bonds is 16. The Morgan fingerprint density at radius 1 is 0.447 bits per heavy atom. The fraction of sp³-hybridized carbons (Fsp3) is 0.938. The molecule has 0 spiro atoms. The molecular formula is C48H78O28. The Labute approximate surface area is 436 Å². The molecule has 17 N–H and O–H groups in total. The molecule has 28 heteroatoms. The van der Waals surface area contributed by atoms with Gasteiger partial charge in [-0.3, -0.25) is 0 Å². The number of aliphatic hydroxyl groups is 17. The average molecular weight is 1100 g/mol. The van der Waals surface area contributed by atoms with Crippen LogP contribution in [0.1, 0.15) is 64.2 Å². The minimum atomic E-state index is -1.99. The molecule has 8 fully saturated rings. The summed E-state index contributed by atoms with van der Waals surface area (Å²) in [5, 5.41) is 180. The summed E-state index contributed by atoms with van der Waals surface area (Å²) in [5.41, 5.74) is 0. The second-order valence-electron chi connectivity index (χ2n) is 21.6. The van der Waals surface area contributed by atoms with Crippen molar-refractivity contribution in [2.75, 3.05) is 26.4 Å². The lowest BCUT2D eigenvalue weighted by Gasteiger charge is -2.52. The number of hydrogen-bond acceptors (Lipinski definition) is 28. The summed E-state index contributed by atoms with van der Waals surface area (Å²) in [7, 11) is 0. The van der Waals surface area contributed by atoms with E-state index in [2.05, 4.69) is 0 Å². The van der Waals surface area contributed by atoms with Crippen molar-refractivity contribution < 1.29 is 139 Å². The first-order chi connectivity index (χ1) is 36.2. The number of allylic oxidation sites excluding steroid dienone is 1. The van der Waals surface area contributed by atoms with Crippen LogP contribution in [0, 0.1) is 17.8 Å². The van der Waals surface area contributed by atoms with Gasteiger partial charge in [0.25, 0.3) is 0 Å². The van der Waals surface area contributed by atoms with Crippen LogP contribution in [-0.4, -0.2) is 291 Å². The smallest absolute Gasteiger partial charge is 0.330 e. The zero-order valence-corrected chi connectivity index (χ0v) is 41.5. The summed E-state index contributed by atoms with van der Waals surface area (Å²) >= 11 is 0. The van der Waals surface area contributed by atoms with Gasteiger partial charge in [-0.15, -0.1) is 0 Å². The maximum Gasteiger partial charge on any atom is 0.330 e. The van der Waals surface area contributed by atoms with Gasteiger partial charge in [-0.25, -0.2) is 4.79 Å². The number of hydrogen-bond donors (Lipinski definition) is 17. The Bertz CT molecular complexity index is 1840. The Kier molecular flexibility index (Phi) is 20.9. The third-order valence-electron chi connectivity index (χ3n) is 16.5. The van der Waals surface area contributed by atoms with Crippen LogP contribution < -0.4 is 0 Å². The first kappa shape index (κ1) is 60.3. The molecule has 5 aliphatic heterocycles. The van der Waals surface area contributed by atoms with Gasteiger partial charge in [0.2, 0.25) is 0 Å². The lowest BCUT2D eigenvalue weighted by molar-refractivity contribution is -0.380. The molecule has 5 saturated heterocycles. The molecular weight excluding hydrogens is 1020 g/mol. The minimum Gasteiger partial charge on any atom is -0.460 e. The Morgan fingerprint density at radius 3 is 1.49 bits per heavy atom. The number of fused-ring (bicyclic) bond motifs is 1. The van der Waals surface area contributed by atoms with Crippen molar-refractivity contribution >= 4 is 5.97 Å². The van der Waals surface area contributed by atoms with E-state index in [4.69, 9.17) is 47.4 Å². The first-order valence-electron chi connectivity index (χ1n) is 26.3. The van der Waals surface area contributed by atoms with E-state index in [1.165, 1.54) is 6.08 Å². The van der Waals surface area contributed by atoms with Gasteiger partial charge in [0, 0.05) is 18.4 Å². The number of carbonyl (C=O) groups excluding carboxylic acids is 1. The molecule has 0 aromatic rings. The quantitative estimate of drug-likeness (QED) is 0.0504. The van der Waals surface area contributed by atoms with E-state index >= 15 is 0 Å². The van der Waals surface area contributed by atoms with E-state index in [1.54, 1.807) is 0 Å². The van der Waals surface area contributed by atoms with E-state index < -0.39 is 210 Å². The van der Waals surface area contributed by atoms with Crippen LogP contribution in [0.15, 0.2) is 12.2 Å². The second-order valence-corrected chi connectivity index (χ2v) is 21.6. The average Bonchev–Trinajstić information content (AvgIpc) is 3.40. The first-order valence-corrected chi connectivity index (χ1v) is 26.3. The lowest BCUT2D eigenvalue weighted by atomic mass is 9.73. The van der Waals surface area contributed by atoms with Crippen LogP contribution in [0.25, 0.3) is 0 Å². The molecule has 28 nitrogen and oxygen atoms in total. The molecule has 29 atom stereocenters. The molecule has 0 aromatic carbocycles. The van der Waals surface area contributed by atoms with Crippen molar-refractivity contribution in [3.05, 3.63) is 12.2 Å². The van der Waals surface area contributed by atoms with Gasteiger partial charge in [-0.2, -0.15) is 0 Å². The van der Waals surface area contributed by atoms with Crippen LogP contribution in [0.5, 0.6) is 0 Å². The normalized spacial score (nSPS) is 51.5. The fourth-order valence-corrected chi connectivity index (χ4v) is 11.9. The molecule has 0 bridgehead atoms. The zero-order valence-electron chi connectivity index (χ0n) is 41.5. The number of esters is 1. The largest absolute Gasteiger partial charge is 0.460 e. The summed E-state index contributed by atoms with van der Waals surface area (Å²) in [6.45, 7) is -2.92. The number of carbonyl (C=O) groups is 1. The monoisotopic (exact) mass is 1100 g/mol. The van der Waals surface area contributed by atoms with Crippen LogP contribution in [0.4, 0.5) is 0 Å². The summed E-state index contributed by atoms with van der Waals surface area (Å²) < 4.78 is 59.9. The maximum atomic E-state index is 13.2. The molecule has 3 aliphatic carbocycles. The molecule has 76 heavy (non-hydrogen) atoms. The summed E-state index contributed by atoms with van der Waals surface area (Å²) in [6.07, 6.45) is -35.7. The predicted molar refractivity (Wildman–Crippen MR) is 245 cm³/mol. The van der Waals surface area contributed by atoms with Gasteiger partial charge in [0.15, 0.2) is 25.2 Å². The van der Waals surface area contributed by atoms with E-state index in [0.717, 1.165) is 6.08 Å². The van der Waals surface area contributed by atoms with Gasteiger partial charge < -0.3 is 134 Å². The van der Waals surface area contributed by atoms with E-state index in [-0.39, 0.29) is 43.9 Å². The van der Waals surface area contributed by atoms with Gasteiger partial charge in [0.05, 0.1) is 68.7 Å². The van der Waals surface area contributed by atoms with Crippen LogP contribution in [-0.2, 0) is 52.2 Å². The van der Waals surface area contributed by atoms with Crippen molar-refractivity contribution in [1.82, 2.24) is 0 Å². The molecule has 438 valence electrons. The van der Waals surface area contributed by atoms with Crippen molar-refractivity contribution in [2.24, 2.45) is 17.8 Å². The molecule has 0 radical (unpaired) electrons. The van der Waals surface area contributed by atoms with Gasteiger partial charge >= 0.3 is 5.97 Å². The van der Waals surface area contributed by atoms with Crippen LogP contribution in [0.3, 0.4) is 0 Å². The Hall–Kier alpha value is -1.83. The molecule has 5 heterocycles. The standard InChI is InChI=1S/C48H78O28/c49-13-27-32(56)36(60)40(64)45(72-27)69-23-7-1-17(9-22(23)54)2-8-31(55)67-16-30-35(59)39(63)44(76-47-42(66)38(62)34(58)29(15-51)74-47)48(75-30)71-26-12-21-24(68-43(26)18-3-5-19(52)6-4-18)10-20(53)11-25(21)70-46-41(65)37(61)33(57)28(14-50)73-46/h2,8,17-30,32-54,56-66H,1,3-7,9-16H2. The van der Waals surface area contributed by atoms with Crippen LogP contribution >= 0.6 is 0 Å². The highest BCUT2D eigenvalue weighted by Crippen LogP contribution is 2.45. The second kappa shape index (κ2) is 26.4. The highest BCUT2D eigenvalue weighted by atomic mass is 16.8. The lowest BCUT2D eigenvalue weighted by Crippen LogP contribution is -2.66. The van der Waals surface area contributed by atoms with Crippen molar-refractivity contribution in [1.29, 1.82) is 0 Å². The highest BCUT2D eigenvalue weighted by Gasteiger charge is 2.56. The summed E-state index contributed by atoms with van der Waals surface area (Å²) in [6, 6.07) is 0. The fourth-order valence-electron chi connectivity index (χ4n) is 11.9. The highest BCUT2D eigenvalue weighted by molar-refractivity contribution is 5.81.